The number of rotatable bonds is 6. The summed E-state index contributed by atoms with van der Waals surface area (Å²) in [7, 11) is 0. The van der Waals surface area contributed by atoms with Crippen LogP contribution in [0.2, 0.25) is 0 Å². The van der Waals surface area contributed by atoms with E-state index >= 15 is 0 Å². The van der Waals surface area contributed by atoms with Crippen LogP contribution in [0.3, 0.4) is 0 Å². The number of halogens is 1. The Bertz CT molecular complexity index is 943. The van der Waals surface area contributed by atoms with Crippen molar-refractivity contribution in [3.05, 3.63) is 63.4 Å². The smallest absolute Gasteiger partial charge is 0.344 e. The highest BCUT2D eigenvalue weighted by molar-refractivity contribution is 14.1. The van der Waals surface area contributed by atoms with Crippen LogP contribution >= 0.6 is 22.6 Å². The zero-order valence-corrected chi connectivity index (χ0v) is 17.1. The number of benzene rings is 2. The Morgan fingerprint density at radius 1 is 1.18 bits per heavy atom. The Labute approximate surface area is 175 Å². The summed E-state index contributed by atoms with van der Waals surface area (Å²) in [6, 6.07) is 13.4. The summed E-state index contributed by atoms with van der Waals surface area (Å²) in [4.78, 5) is 37.3. The predicted molar refractivity (Wildman–Crippen MR) is 112 cm³/mol. The van der Waals surface area contributed by atoms with Crippen molar-refractivity contribution in [1.82, 2.24) is 5.32 Å². The fourth-order valence-electron chi connectivity index (χ4n) is 2.58. The Hall–Kier alpha value is -2.88. The van der Waals surface area contributed by atoms with Gasteiger partial charge in [0.05, 0.1) is 15.9 Å². The van der Waals surface area contributed by atoms with Crippen LogP contribution in [-0.2, 0) is 14.3 Å². The van der Waals surface area contributed by atoms with Gasteiger partial charge in [-0.3, -0.25) is 4.79 Å². The van der Waals surface area contributed by atoms with E-state index in [9.17, 15) is 14.4 Å². The van der Waals surface area contributed by atoms with E-state index < -0.39 is 17.9 Å². The molecule has 1 N–H and O–H groups in total. The molecule has 0 atom stereocenters. The SMILES string of the molecule is CCOC(=O)COc1ccc(/C=C2/NC(=O)N(c3ccccc3)C2=O)cc1I. The molecule has 0 radical (unpaired) electrons. The summed E-state index contributed by atoms with van der Waals surface area (Å²) in [5, 5.41) is 2.59. The number of nitrogens with one attached hydrogen (secondary N) is 1. The molecule has 144 valence electrons. The Balaban J connectivity index is 1.75. The standard InChI is InChI=1S/C20H17IN2O5/c1-2-27-18(24)12-28-17-9-8-13(10-15(17)21)11-16-19(25)23(20(26)22-16)14-6-4-3-5-7-14/h3-11H,2,12H2,1H3,(H,22,26)/b16-11+. The second-order valence-corrected chi connectivity index (χ2v) is 6.91. The van der Waals surface area contributed by atoms with E-state index in [4.69, 9.17) is 9.47 Å². The van der Waals surface area contributed by atoms with E-state index in [1.807, 2.05) is 6.07 Å². The van der Waals surface area contributed by atoms with E-state index in [0.29, 0.717) is 23.6 Å². The van der Waals surface area contributed by atoms with Crippen molar-refractivity contribution in [3.63, 3.8) is 0 Å². The van der Waals surface area contributed by atoms with Gasteiger partial charge in [-0.15, -0.1) is 0 Å². The first-order valence-corrected chi connectivity index (χ1v) is 9.57. The topological polar surface area (TPSA) is 84.9 Å². The molecule has 3 amide bonds. The van der Waals surface area contributed by atoms with Crippen LogP contribution in [-0.4, -0.2) is 31.1 Å². The molecule has 7 nitrogen and oxygen atoms in total. The summed E-state index contributed by atoms with van der Waals surface area (Å²) in [6.07, 6.45) is 1.60. The number of hydrogen-bond acceptors (Lipinski definition) is 5. The lowest BCUT2D eigenvalue weighted by atomic mass is 10.2. The van der Waals surface area contributed by atoms with E-state index in [0.717, 1.165) is 8.47 Å². The normalized spacial score (nSPS) is 14.9. The Morgan fingerprint density at radius 2 is 1.93 bits per heavy atom. The summed E-state index contributed by atoms with van der Waals surface area (Å²) >= 11 is 2.07. The number of carbonyl (C=O) groups is 3. The maximum absolute atomic E-state index is 12.6. The van der Waals surface area contributed by atoms with Gasteiger partial charge in [0.1, 0.15) is 11.4 Å². The van der Waals surface area contributed by atoms with Crippen molar-refractivity contribution in [1.29, 1.82) is 0 Å². The van der Waals surface area contributed by atoms with E-state index in [1.54, 1.807) is 55.5 Å². The minimum absolute atomic E-state index is 0.176. The number of hydrogen-bond donors (Lipinski definition) is 1. The van der Waals surface area contributed by atoms with Gasteiger partial charge in [0.25, 0.3) is 5.91 Å². The van der Waals surface area contributed by atoms with E-state index in [1.165, 1.54) is 0 Å². The van der Waals surface area contributed by atoms with Crippen LogP contribution in [0.5, 0.6) is 5.75 Å². The first-order chi connectivity index (χ1) is 13.5. The molecule has 1 aliphatic rings. The molecule has 0 bridgehead atoms. The van der Waals surface area contributed by atoms with Gasteiger partial charge >= 0.3 is 12.0 Å². The van der Waals surface area contributed by atoms with Gasteiger partial charge in [-0.25, -0.2) is 14.5 Å². The summed E-state index contributed by atoms with van der Waals surface area (Å²) in [5.74, 6) is -0.331. The third kappa shape index (κ3) is 4.50. The molecular weight excluding hydrogens is 475 g/mol. The summed E-state index contributed by atoms with van der Waals surface area (Å²) in [6.45, 7) is 1.85. The number of para-hydroxylation sites is 1. The molecule has 3 rings (SSSR count). The molecule has 0 saturated carbocycles. The van der Waals surface area contributed by atoms with Crippen LogP contribution in [0.25, 0.3) is 6.08 Å². The lowest BCUT2D eigenvalue weighted by Crippen LogP contribution is -2.30. The molecule has 28 heavy (non-hydrogen) atoms. The monoisotopic (exact) mass is 492 g/mol. The number of carbonyl (C=O) groups excluding carboxylic acids is 3. The van der Waals surface area contributed by atoms with Crippen molar-refractivity contribution in [2.24, 2.45) is 0 Å². The predicted octanol–water partition coefficient (Wildman–Crippen LogP) is 3.33. The minimum atomic E-state index is -0.494. The van der Waals surface area contributed by atoms with E-state index in [2.05, 4.69) is 27.9 Å². The van der Waals surface area contributed by atoms with Gasteiger partial charge < -0.3 is 14.8 Å². The van der Waals surface area contributed by atoms with Crippen LogP contribution in [0, 0.1) is 3.57 Å². The molecule has 1 fully saturated rings. The average molecular weight is 492 g/mol. The van der Waals surface area contributed by atoms with Gasteiger partial charge in [-0.05, 0) is 65.4 Å². The minimum Gasteiger partial charge on any atom is -0.481 e. The third-order valence-electron chi connectivity index (χ3n) is 3.81. The zero-order chi connectivity index (χ0) is 20.1. The average Bonchev–Trinajstić information content (AvgIpc) is 2.95. The fourth-order valence-corrected chi connectivity index (χ4v) is 3.27. The van der Waals surface area contributed by atoms with Crippen molar-refractivity contribution in [3.8, 4) is 5.75 Å². The lowest BCUT2D eigenvalue weighted by molar-refractivity contribution is -0.145. The molecule has 1 aliphatic heterocycles. The molecule has 1 saturated heterocycles. The van der Waals surface area contributed by atoms with Gasteiger partial charge in [-0.2, -0.15) is 0 Å². The zero-order valence-electron chi connectivity index (χ0n) is 15.0. The third-order valence-corrected chi connectivity index (χ3v) is 4.65. The number of anilines is 1. The molecule has 1 heterocycles. The molecule has 0 aromatic heterocycles. The highest BCUT2D eigenvalue weighted by Crippen LogP contribution is 2.25. The maximum atomic E-state index is 12.6. The van der Waals surface area contributed by atoms with Crippen LogP contribution in [0.1, 0.15) is 12.5 Å². The van der Waals surface area contributed by atoms with Crippen molar-refractivity contribution < 1.29 is 23.9 Å². The number of ether oxygens (including phenoxy) is 2. The molecule has 0 unspecified atom stereocenters. The largest absolute Gasteiger partial charge is 0.481 e. The quantitative estimate of drug-likeness (QED) is 0.290. The van der Waals surface area contributed by atoms with Crippen molar-refractivity contribution >= 4 is 52.3 Å². The highest BCUT2D eigenvalue weighted by atomic mass is 127. The van der Waals surface area contributed by atoms with Crippen LogP contribution in [0.4, 0.5) is 10.5 Å². The highest BCUT2D eigenvalue weighted by Gasteiger charge is 2.34. The number of nitrogens with zero attached hydrogens (tertiary/aromatic N) is 1. The first kappa shape index (κ1) is 19.9. The van der Waals surface area contributed by atoms with Crippen LogP contribution in [0.15, 0.2) is 54.2 Å². The van der Waals surface area contributed by atoms with Crippen molar-refractivity contribution in [2.45, 2.75) is 6.92 Å². The van der Waals surface area contributed by atoms with Crippen molar-refractivity contribution in [2.75, 3.05) is 18.1 Å². The summed E-state index contributed by atoms with van der Waals surface area (Å²) in [5.41, 5.74) is 1.40. The summed E-state index contributed by atoms with van der Waals surface area (Å²) < 4.78 is 11.0. The van der Waals surface area contributed by atoms with Crippen LogP contribution < -0.4 is 15.0 Å². The Morgan fingerprint density at radius 3 is 2.61 bits per heavy atom. The molecule has 2 aromatic carbocycles. The molecule has 2 aromatic rings. The van der Waals surface area contributed by atoms with E-state index in [-0.39, 0.29) is 12.3 Å². The molecule has 8 heteroatoms. The number of esters is 1. The fraction of sp³-hybridized carbons (Fsp3) is 0.150. The first-order valence-electron chi connectivity index (χ1n) is 8.49. The second-order valence-electron chi connectivity index (χ2n) is 5.75. The number of imide groups is 1. The number of amides is 3. The maximum Gasteiger partial charge on any atom is 0.344 e. The second kappa shape index (κ2) is 8.87. The lowest BCUT2D eigenvalue weighted by Gasteiger charge is -2.11. The Kier molecular flexibility index (Phi) is 6.30. The van der Waals surface area contributed by atoms with Gasteiger partial charge in [0.15, 0.2) is 6.61 Å². The number of urea groups is 1. The van der Waals surface area contributed by atoms with Gasteiger partial charge in [0, 0.05) is 0 Å². The molecule has 0 aliphatic carbocycles. The molecule has 0 spiro atoms. The van der Waals surface area contributed by atoms with Gasteiger partial charge in [0.2, 0.25) is 0 Å². The molecular formula is C20H17IN2O5. The van der Waals surface area contributed by atoms with Gasteiger partial charge in [-0.1, -0.05) is 24.3 Å².